The number of hydrogen-bond donors (Lipinski definition) is 0. The minimum Gasteiger partial charge on any atom is -0.492 e. The highest BCUT2D eigenvalue weighted by atomic mass is 79.9. The number of nitrogens with zero attached hydrogens (tertiary/aromatic N) is 1. The Hall–Kier alpha value is -1.32. The minimum absolute atomic E-state index is 0.746. The Morgan fingerprint density at radius 1 is 1.05 bits per heavy atom. The molecule has 1 aliphatic heterocycles. The number of rotatable bonds is 2. The molecule has 0 N–H and O–H groups in total. The lowest BCUT2D eigenvalue weighted by molar-refractivity contribution is 0.219. The highest BCUT2D eigenvalue weighted by Gasteiger charge is 2.17. The number of ether oxygens (including phenoxy) is 1. The van der Waals surface area contributed by atoms with Crippen molar-refractivity contribution in [2.45, 2.75) is 13.1 Å². The highest BCUT2D eigenvalue weighted by molar-refractivity contribution is 9.10. The molecule has 0 spiro atoms. The molecule has 19 heavy (non-hydrogen) atoms. The van der Waals surface area contributed by atoms with Crippen molar-refractivity contribution in [3.8, 4) is 5.75 Å². The maximum absolute atomic E-state index is 5.83. The lowest BCUT2D eigenvalue weighted by Crippen LogP contribution is -2.25. The second-order valence-corrected chi connectivity index (χ2v) is 5.62. The van der Waals surface area contributed by atoms with Gasteiger partial charge in [0.15, 0.2) is 0 Å². The lowest BCUT2D eigenvalue weighted by Gasteiger charge is -2.19. The van der Waals surface area contributed by atoms with E-state index < -0.39 is 0 Å². The van der Waals surface area contributed by atoms with Crippen LogP contribution in [0.4, 0.5) is 0 Å². The van der Waals surface area contributed by atoms with Crippen LogP contribution in [0, 0.1) is 0 Å². The third kappa shape index (κ3) is 2.99. The summed E-state index contributed by atoms with van der Waals surface area (Å²) in [5.74, 6) is 1.00. The molecule has 0 fully saturated rings. The standard InChI is InChI=1S/C16H16BrNO/c17-15-7-4-8-16-14(15)12-18(9-10-19-16)11-13-5-2-1-3-6-13/h1-8H,9-12H2. The molecule has 2 nitrogen and oxygen atoms in total. The minimum atomic E-state index is 0.746. The van der Waals surface area contributed by atoms with Crippen LogP contribution >= 0.6 is 15.9 Å². The third-order valence-corrected chi connectivity index (χ3v) is 4.11. The average molecular weight is 318 g/mol. The van der Waals surface area contributed by atoms with E-state index in [0.29, 0.717) is 0 Å². The van der Waals surface area contributed by atoms with E-state index in [1.54, 1.807) is 0 Å². The first kappa shape index (κ1) is 12.7. The van der Waals surface area contributed by atoms with Gasteiger partial charge in [0.05, 0.1) is 0 Å². The molecule has 3 heteroatoms. The predicted molar refractivity (Wildman–Crippen MR) is 80.2 cm³/mol. The first-order valence-corrected chi connectivity index (χ1v) is 7.29. The van der Waals surface area contributed by atoms with Crippen molar-refractivity contribution in [2.24, 2.45) is 0 Å². The third-order valence-electron chi connectivity index (χ3n) is 3.37. The van der Waals surface area contributed by atoms with Gasteiger partial charge in [-0.1, -0.05) is 52.3 Å². The summed E-state index contributed by atoms with van der Waals surface area (Å²) in [6.07, 6.45) is 0. The Bertz CT molecular complexity index is 556. The molecule has 0 amide bonds. The van der Waals surface area contributed by atoms with Crippen LogP contribution in [0.15, 0.2) is 53.0 Å². The van der Waals surface area contributed by atoms with E-state index in [4.69, 9.17) is 4.74 Å². The van der Waals surface area contributed by atoms with E-state index in [-0.39, 0.29) is 0 Å². The van der Waals surface area contributed by atoms with Gasteiger partial charge in [0, 0.05) is 29.7 Å². The Morgan fingerprint density at radius 2 is 1.89 bits per heavy atom. The molecular weight excluding hydrogens is 302 g/mol. The van der Waals surface area contributed by atoms with Crippen molar-refractivity contribution in [2.75, 3.05) is 13.2 Å². The average Bonchev–Trinajstić information content (AvgIpc) is 2.63. The van der Waals surface area contributed by atoms with Gasteiger partial charge < -0.3 is 4.74 Å². The normalized spacial score (nSPS) is 15.4. The van der Waals surface area contributed by atoms with E-state index in [0.717, 1.165) is 36.5 Å². The molecule has 2 aromatic rings. The second kappa shape index (κ2) is 5.76. The van der Waals surface area contributed by atoms with Crippen molar-refractivity contribution >= 4 is 15.9 Å². The summed E-state index contributed by atoms with van der Waals surface area (Å²) in [7, 11) is 0. The molecule has 0 aromatic heterocycles. The largest absolute Gasteiger partial charge is 0.492 e. The quantitative estimate of drug-likeness (QED) is 0.834. The summed E-state index contributed by atoms with van der Waals surface area (Å²) in [6, 6.07) is 16.7. The van der Waals surface area contributed by atoms with E-state index in [1.165, 1.54) is 11.1 Å². The van der Waals surface area contributed by atoms with Crippen molar-refractivity contribution in [1.82, 2.24) is 4.90 Å². The van der Waals surface area contributed by atoms with Crippen LogP contribution in [0.5, 0.6) is 5.75 Å². The topological polar surface area (TPSA) is 12.5 Å². The van der Waals surface area contributed by atoms with Gasteiger partial charge in [0.2, 0.25) is 0 Å². The summed E-state index contributed by atoms with van der Waals surface area (Å²) >= 11 is 3.62. The van der Waals surface area contributed by atoms with Crippen LogP contribution in [0.1, 0.15) is 11.1 Å². The number of benzene rings is 2. The molecule has 98 valence electrons. The van der Waals surface area contributed by atoms with Crippen molar-refractivity contribution in [3.63, 3.8) is 0 Å². The number of hydrogen-bond acceptors (Lipinski definition) is 2. The van der Waals surface area contributed by atoms with Crippen molar-refractivity contribution in [1.29, 1.82) is 0 Å². The molecule has 0 bridgehead atoms. The smallest absolute Gasteiger partial charge is 0.124 e. The van der Waals surface area contributed by atoms with Gasteiger partial charge in [-0.05, 0) is 17.7 Å². The van der Waals surface area contributed by atoms with Gasteiger partial charge in [-0.3, -0.25) is 4.90 Å². The highest BCUT2D eigenvalue weighted by Crippen LogP contribution is 2.30. The zero-order valence-corrected chi connectivity index (χ0v) is 12.3. The van der Waals surface area contributed by atoms with Gasteiger partial charge in [0.1, 0.15) is 12.4 Å². The molecule has 2 aromatic carbocycles. The first-order valence-electron chi connectivity index (χ1n) is 6.49. The summed E-state index contributed by atoms with van der Waals surface area (Å²) < 4.78 is 6.96. The second-order valence-electron chi connectivity index (χ2n) is 4.76. The maximum atomic E-state index is 5.83. The molecular formula is C16H16BrNO. The summed E-state index contributed by atoms with van der Waals surface area (Å²) in [5, 5.41) is 0. The number of fused-ring (bicyclic) bond motifs is 1. The van der Waals surface area contributed by atoms with Gasteiger partial charge >= 0.3 is 0 Å². The molecule has 0 atom stereocenters. The van der Waals surface area contributed by atoms with Crippen LogP contribution in [0.2, 0.25) is 0 Å². The molecule has 0 aliphatic carbocycles. The van der Waals surface area contributed by atoms with Crippen LogP contribution in [-0.4, -0.2) is 18.1 Å². The summed E-state index contributed by atoms with van der Waals surface area (Å²) in [5.41, 5.74) is 2.59. The van der Waals surface area contributed by atoms with Crippen LogP contribution in [0.3, 0.4) is 0 Å². The van der Waals surface area contributed by atoms with E-state index in [1.807, 2.05) is 12.1 Å². The van der Waals surface area contributed by atoms with E-state index >= 15 is 0 Å². The summed E-state index contributed by atoms with van der Waals surface area (Å²) in [4.78, 5) is 2.42. The zero-order valence-electron chi connectivity index (χ0n) is 10.7. The molecule has 0 saturated heterocycles. The van der Waals surface area contributed by atoms with Crippen molar-refractivity contribution < 1.29 is 4.74 Å². The Kier molecular flexibility index (Phi) is 3.85. The van der Waals surface area contributed by atoms with E-state index in [2.05, 4.69) is 57.2 Å². The molecule has 1 aliphatic rings. The van der Waals surface area contributed by atoms with Crippen LogP contribution in [-0.2, 0) is 13.1 Å². The first-order chi connectivity index (χ1) is 9.33. The fraction of sp³-hybridized carbons (Fsp3) is 0.250. The van der Waals surface area contributed by atoms with Crippen LogP contribution in [0.25, 0.3) is 0 Å². The Labute approximate surface area is 122 Å². The zero-order chi connectivity index (χ0) is 13.1. The maximum Gasteiger partial charge on any atom is 0.124 e. The molecule has 3 rings (SSSR count). The van der Waals surface area contributed by atoms with Gasteiger partial charge in [-0.25, -0.2) is 0 Å². The van der Waals surface area contributed by atoms with Gasteiger partial charge in [-0.2, -0.15) is 0 Å². The number of halogens is 1. The van der Waals surface area contributed by atoms with E-state index in [9.17, 15) is 0 Å². The fourth-order valence-electron chi connectivity index (χ4n) is 2.39. The van der Waals surface area contributed by atoms with Crippen molar-refractivity contribution in [3.05, 3.63) is 64.1 Å². The summed E-state index contributed by atoms with van der Waals surface area (Å²) in [6.45, 7) is 3.59. The predicted octanol–water partition coefficient (Wildman–Crippen LogP) is 3.84. The SMILES string of the molecule is Brc1cccc2c1CN(Cc1ccccc1)CCO2. The molecule has 0 radical (unpaired) electrons. The lowest BCUT2D eigenvalue weighted by atomic mass is 10.1. The molecule has 1 heterocycles. The molecule has 0 saturated carbocycles. The Morgan fingerprint density at radius 3 is 2.74 bits per heavy atom. The fourth-order valence-corrected chi connectivity index (χ4v) is 2.86. The van der Waals surface area contributed by atoms with Crippen LogP contribution < -0.4 is 4.74 Å². The molecule has 0 unspecified atom stereocenters. The monoisotopic (exact) mass is 317 g/mol. The van der Waals surface area contributed by atoms with Gasteiger partial charge in [0.25, 0.3) is 0 Å². The van der Waals surface area contributed by atoms with Gasteiger partial charge in [-0.15, -0.1) is 0 Å². The Balaban J connectivity index is 1.80.